The van der Waals surface area contributed by atoms with Gasteiger partial charge in [-0.3, -0.25) is 10.1 Å². The van der Waals surface area contributed by atoms with Crippen LogP contribution in [0, 0.1) is 0 Å². The molecule has 0 unspecified atom stereocenters. The van der Waals surface area contributed by atoms with E-state index < -0.39 is 11.7 Å². The Morgan fingerprint density at radius 1 is 1.22 bits per heavy atom. The van der Waals surface area contributed by atoms with Gasteiger partial charge in [0.1, 0.15) is 11.4 Å². The molecule has 0 saturated carbocycles. The lowest BCUT2D eigenvalue weighted by Crippen LogP contribution is -2.27. The highest BCUT2D eigenvalue weighted by Crippen LogP contribution is 2.18. The second-order valence-electron chi connectivity index (χ2n) is 6.25. The number of carbonyl (C=O) groups excluding carboxylic acids is 2. The molecule has 0 heterocycles. The summed E-state index contributed by atoms with van der Waals surface area (Å²) in [5.41, 5.74) is 6.20. The number of amides is 1. The van der Waals surface area contributed by atoms with E-state index in [9.17, 15) is 9.59 Å². The number of benzene rings is 1. The number of allylic oxidation sites excluding steroid dienone is 1. The van der Waals surface area contributed by atoms with Crippen LogP contribution in [0.15, 0.2) is 36.4 Å². The van der Waals surface area contributed by atoms with Gasteiger partial charge in [-0.2, -0.15) is 0 Å². The Bertz CT molecular complexity index is 560. The van der Waals surface area contributed by atoms with E-state index >= 15 is 0 Å². The number of ether oxygens (including phenoxy) is 1. The molecule has 0 fully saturated rings. The van der Waals surface area contributed by atoms with Crippen LogP contribution in [0.2, 0.25) is 0 Å². The zero-order chi connectivity index (χ0) is 17.3. The lowest BCUT2D eigenvalue weighted by Gasteiger charge is -2.20. The molecule has 5 heteroatoms. The molecule has 0 radical (unpaired) electrons. The maximum atomic E-state index is 12.0. The fraction of sp³-hybridized carbons (Fsp3) is 0.444. The first-order valence-corrected chi connectivity index (χ1v) is 7.76. The molecule has 0 aliphatic heterocycles. The highest BCUT2D eigenvalue weighted by molar-refractivity contribution is 5.89. The van der Waals surface area contributed by atoms with Crippen molar-refractivity contribution in [1.82, 2.24) is 0 Å². The van der Waals surface area contributed by atoms with Crippen molar-refractivity contribution in [3.63, 3.8) is 0 Å². The van der Waals surface area contributed by atoms with E-state index in [0.29, 0.717) is 18.7 Å². The van der Waals surface area contributed by atoms with Crippen molar-refractivity contribution >= 4 is 17.6 Å². The van der Waals surface area contributed by atoms with Crippen LogP contribution in [0.25, 0.3) is 0 Å². The van der Waals surface area contributed by atoms with Gasteiger partial charge in [-0.15, -0.1) is 0 Å². The van der Waals surface area contributed by atoms with Gasteiger partial charge in [-0.05, 0) is 45.4 Å². The second-order valence-corrected chi connectivity index (χ2v) is 6.25. The largest absolute Gasteiger partial charge is 0.444 e. The molecule has 1 amide bonds. The lowest BCUT2D eigenvalue weighted by atomic mass is 10.0. The summed E-state index contributed by atoms with van der Waals surface area (Å²) in [6.07, 6.45) is 4.60. The summed E-state index contributed by atoms with van der Waals surface area (Å²) in [6, 6.07) is 7.24. The zero-order valence-corrected chi connectivity index (χ0v) is 14.1. The molecule has 0 bridgehead atoms. The zero-order valence-electron chi connectivity index (χ0n) is 14.1. The number of nitrogens with one attached hydrogen (secondary N) is 1. The van der Waals surface area contributed by atoms with Gasteiger partial charge in [0.15, 0.2) is 0 Å². The van der Waals surface area contributed by atoms with E-state index in [2.05, 4.69) is 5.32 Å². The van der Waals surface area contributed by atoms with E-state index in [1.807, 2.05) is 30.4 Å². The molecule has 1 aromatic carbocycles. The van der Waals surface area contributed by atoms with Gasteiger partial charge in [0, 0.05) is 18.5 Å². The molecule has 0 aliphatic rings. The van der Waals surface area contributed by atoms with Crippen LogP contribution in [-0.2, 0) is 16.0 Å². The first kappa shape index (κ1) is 18.9. The van der Waals surface area contributed by atoms with Crippen LogP contribution >= 0.6 is 0 Å². The number of Topliss-reactive ketones (excluding diaryl/α,β-unsaturated/α-hetero) is 1. The summed E-state index contributed by atoms with van der Waals surface area (Å²) in [6.45, 7) is 5.98. The van der Waals surface area contributed by atoms with Crippen LogP contribution in [0.5, 0.6) is 0 Å². The highest BCUT2D eigenvalue weighted by atomic mass is 16.6. The molecular formula is C18H26N2O3. The predicted octanol–water partition coefficient (Wildman–Crippen LogP) is 3.44. The first-order valence-electron chi connectivity index (χ1n) is 7.76. The van der Waals surface area contributed by atoms with E-state index in [4.69, 9.17) is 10.5 Å². The molecule has 0 spiro atoms. The molecule has 1 aromatic rings. The number of rotatable bonds is 7. The maximum absolute atomic E-state index is 12.0. The third kappa shape index (κ3) is 8.16. The highest BCUT2D eigenvalue weighted by Gasteiger charge is 2.17. The van der Waals surface area contributed by atoms with Crippen molar-refractivity contribution in [3.05, 3.63) is 42.0 Å². The quantitative estimate of drug-likeness (QED) is 0.755. The average Bonchev–Trinajstić information content (AvgIpc) is 2.44. The minimum Gasteiger partial charge on any atom is -0.444 e. The monoisotopic (exact) mass is 318 g/mol. The first-order chi connectivity index (χ1) is 10.8. The molecule has 0 aliphatic carbocycles. The van der Waals surface area contributed by atoms with Crippen LogP contribution < -0.4 is 11.1 Å². The third-order valence-corrected chi connectivity index (χ3v) is 2.89. The number of ketones is 1. The molecule has 0 saturated heterocycles. The molecule has 0 atom stereocenters. The second kappa shape index (κ2) is 9.10. The summed E-state index contributed by atoms with van der Waals surface area (Å²) in [5, 5.41) is 2.70. The Morgan fingerprint density at radius 3 is 2.57 bits per heavy atom. The normalized spacial score (nSPS) is 11.5. The predicted molar refractivity (Wildman–Crippen MR) is 92.4 cm³/mol. The lowest BCUT2D eigenvalue weighted by molar-refractivity contribution is -0.117. The summed E-state index contributed by atoms with van der Waals surface area (Å²) < 4.78 is 5.24. The van der Waals surface area contributed by atoms with E-state index in [0.717, 1.165) is 12.0 Å². The van der Waals surface area contributed by atoms with Crippen molar-refractivity contribution in [1.29, 1.82) is 0 Å². The summed E-state index contributed by atoms with van der Waals surface area (Å²) in [5.74, 6) is 0.0803. The molecular weight excluding hydrogens is 292 g/mol. The SMILES string of the molecule is CC(C)(C)OC(=O)Nc1ccccc1CC(=O)C/C=C/CCN. The number of carbonyl (C=O) groups is 2. The van der Waals surface area contributed by atoms with Gasteiger partial charge in [0.25, 0.3) is 0 Å². The van der Waals surface area contributed by atoms with Crippen molar-refractivity contribution < 1.29 is 14.3 Å². The van der Waals surface area contributed by atoms with Crippen LogP contribution in [-0.4, -0.2) is 24.0 Å². The fourth-order valence-electron chi connectivity index (χ4n) is 1.92. The van der Waals surface area contributed by atoms with E-state index in [-0.39, 0.29) is 12.2 Å². The van der Waals surface area contributed by atoms with Crippen LogP contribution in [0.3, 0.4) is 0 Å². The Hall–Kier alpha value is -2.14. The minimum absolute atomic E-state index is 0.0803. The van der Waals surface area contributed by atoms with Crippen LogP contribution in [0.4, 0.5) is 10.5 Å². The van der Waals surface area contributed by atoms with Gasteiger partial charge in [0.2, 0.25) is 0 Å². The number of para-hydroxylation sites is 1. The summed E-state index contributed by atoms with van der Waals surface area (Å²) in [4.78, 5) is 23.9. The molecule has 0 aromatic heterocycles. The van der Waals surface area contributed by atoms with E-state index in [1.165, 1.54) is 0 Å². The van der Waals surface area contributed by atoms with Crippen molar-refractivity contribution in [3.8, 4) is 0 Å². The van der Waals surface area contributed by atoms with Crippen molar-refractivity contribution in [2.24, 2.45) is 5.73 Å². The molecule has 126 valence electrons. The van der Waals surface area contributed by atoms with Gasteiger partial charge in [-0.1, -0.05) is 30.4 Å². The maximum Gasteiger partial charge on any atom is 0.412 e. The topological polar surface area (TPSA) is 81.4 Å². The number of hydrogen-bond acceptors (Lipinski definition) is 4. The minimum atomic E-state index is -0.567. The number of anilines is 1. The molecule has 23 heavy (non-hydrogen) atoms. The standard InChI is InChI=1S/C18H26N2O3/c1-18(2,3)23-17(22)20-16-11-7-6-9-14(16)13-15(21)10-5-4-8-12-19/h4-7,9,11H,8,10,12-13,19H2,1-3H3,(H,20,22)/b5-4+. The number of hydrogen-bond donors (Lipinski definition) is 2. The average molecular weight is 318 g/mol. The van der Waals surface area contributed by atoms with Gasteiger partial charge >= 0.3 is 6.09 Å². The Kier molecular flexibility index (Phi) is 7.48. The van der Waals surface area contributed by atoms with Crippen molar-refractivity contribution in [2.75, 3.05) is 11.9 Å². The Labute approximate surface area is 137 Å². The fourth-order valence-corrected chi connectivity index (χ4v) is 1.92. The van der Waals surface area contributed by atoms with Gasteiger partial charge < -0.3 is 10.5 Å². The Morgan fingerprint density at radius 2 is 1.91 bits per heavy atom. The van der Waals surface area contributed by atoms with E-state index in [1.54, 1.807) is 26.8 Å². The molecule has 3 N–H and O–H groups in total. The van der Waals surface area contributed by atoms with Gasteiger partial charge in [0.05, 0.1) is 0 Å². The molecule has 1 rings (SSSR count). The van der Waals surface area contributed by atoms with Crippen LogP contribution in [0.1, 0.15) is 39.2 Å². The summed E-state index contributed by atoms with van der Waals surface area (Å²) in [7, 11) is 0. The van der Waals surface area contributed by atoms with Gasteiger partial charge in [-0.25, -0.2) is 4.79 Å². The summed E-state index contributed by atoms with van der Waals surface area (Å²) >= 11 is 0. The molecule has 5 nitrogen and oxygen atoms in total. The smallest absolute Gasteiger partial charge is 0.412 e. The third-order valence-electron chi connectivity index (χ3n) is 2.89. The van der Waals surface area contributed by atoms with Crippen molar-refractivity contribution in [2.45, 2.75) is 45.6 Å². The Balaban J connectivity index is 2.66. The number of nitrogens with two attached hydrogens (primary N) is 1.